The van der Waals surface area contributed by atoms with Crippen LogP contribution in [0.15, 0.2) is 24.3 Å². The standard InChI is InChI=1S/C8H10.C4H10O2.Pb/c1-7-5-3-4-6-8(7)2;5-3-1-2-4-6;/h3-6H,1-2H3;5-6H,1-4H2;. The quantitative estimate of drug-likeness (QED) is 0.596. The fourth-order valence-electron chi connectivity index (χ4n) is 0.886. The first-order chi connectivity index (χ1) is 6.72. The minimum absolute atomic E-state index is 0. The van der Waals surface area contributed by atoms with Gasteiger partial charge in [-0.05, 0) is 37.8 Å². The van der Waals surface area contributed by atoms with Gasteiger partial charge in [0.05, 0.1) is 0 Å². The van der Waals surface area contributed by atoms with Gasteiger partial charge >= 0.3 is 0 Å². The van der Waals surface area contributed by atoms with Crippen molar-refractivity contribution < 1.29 is 10.2 Å². The average Bonchev–Trinajstić information content (AvgIpc) is 2.20. The van der Waals surface area contributed by atoms with E-state index in [-0.39, 0.29) is 40.5 Å². The molecule has 1 aromatic carbocycles. The van der Waals surface area contributed by atoms with Crippen LogP contribution in [-0.4, -0.2) is 50.7 Å². The topological polar surface area (TPSA) is 40.5 Å². The maximum atomic E-state index is 8.09. The van der Waals surface area contributed by atoms with E-state index < -0.39 is 0 Å². The fourth-order valence-corrected chi connectivity index (χ4v) is 0.886. The fraction of sp³-hybridized carbons (Fsp3) is 0.500. The van der Waals surface area contributed by atoms with Crippen LogP contribution in [0.2, 0.25) is 0 Å². The number of unbranched alkanes of at least 4 members (excludes halogenated alkanes) is 1. The minimum atomic E-state index is 0. The van der Waals surface area contributed by atoms with Crippen LogP contribution in [0.1, 0.15) is 24.0 Å². The second-order valence-electron chi connectivity index (χ2n) is 3.24. The van der Waals surface area contributed by atoms with Crippen LogP contribution < -0.4 is 0 Å². The summed E-state index contributed by atoms with van der Waals surface area (Å²) in [6, 6.07) is 8.36. The van der Waals surface area contributed by atoms with Crippen molar-refractivity contribution >= 4 is 27.3 Å². The van der Waals surface area contributed by atoms with Gasteiger partial charge in [-0.2, -0.15) is 0 Å². The summed E-state index contributed by atoms with van der Waals surface area (Å²) < 4.78 is 0. The van der Waals surface area contributed by atoms with Crippen LogP contribution >= 0.6 is 0 Å². The van der Waals surface area contributed by atoms with Crippen molar-refractivity contribution in [2.45, 2.75) is 26.7 Å². The third kappa shape index (κ3) is 10.3. The van der Waals surface area contributed by atoms with Crippen LogP contribution in [0.4, 0.5) is 0 Å². The molecule has 84 valence electrons. The monoisotopic (exact) mass is 404 g/mol. The van der Waals surface area contributed by atoms with Gasteiger partial charge in [0, 0.05) is 40.5 Å². The van der Waals surface area contributed by atoms with Gasteiger partial charge in [0.1, 0.15) is 0 Å². The molecule has 1 rings (SSSR count). The summed E-state index contributed by atoms with van der Waals surface area (Å²) in [6.45, 7) is 4.63. The minimum Gasteiger partial charge on any atom is -0.396 e. The summed E-state index contributed by atoms with van der Waals surface area (Å²) in [4.78, 5) is 0. The maximum absolute atomic E-state index is 8.09. The van der Waals surface area contributed by atoms with E-state index in [1.807, 2.05) is 0 Å². The normalized spacial score (nSPS) is 8.53. The zero-order chi connectivity index (χ0) is 10.8. The summed E-state index contributed by atoms with van der Waals surface area (Å²) in [5.41, 5.74) is 2.74. The molecule has 0 bridgehead atoms. The second-order valence-corrected chi connectivity index (χ2v) is 3.24. The largest absolute Gasteiger partial charge is 0.396 e. The van der Waals surface area contributed by atoms with Crippen LogP contribution in [0, 0.1) is 13.8 Å². The van der Waals surface area contributed by atoms with E-state index in [0.717, 1.165) is 12.8 Å². The molecule has 0 saturated heterocycles. The number of hydrogen-bond acceptors (Lipinski definition) is 2. The SMILES string of the molecule is Cc1ccccc1C.OCCCCO.[Pb]. The molecule has 0 heterocycles. The zero-order valence-corrected chi connectivity index (χ0v) is 13.4. The van der Waals surface area contributed by atoms with E-state index in [2.05, 4.69) is 38.1 Å². The molecule has 0 spiro atoms. The van der Waals surface area contributed by atoms with Crippen LogP contribution in [-0.2, 0) is 0 Å². The summed E-state index contributed by atoms with van der Waals surface area (Å²) in [6.07, 6.45) is 1.44. The van der Waals surface area contributed by atoms with Crippen molar-refractivity contribution in [1.29, 1.82) is 0 Å². The molecule has 0 aromatic heterocycles. The molecule has 4 radical (unpaired) electrons. The molecule has 15 heavy (non-hydrogen) atoms. The number of rotatable bonds is 3. The third-order valence-electron chi connectivity index (χ3n) is 1.99. The van der Waals surface area contributed by atoms with Crippen molar-refractivity contribution in [3.05, 3.63) is 35.4 Å². The maximum Gasteiger partial charge on any atom is 0.0431 e. The molecular weight excluding hydrogens is 383 g/mol. The summed E-state index contributed by atoms with van der Waals surface area (Å²) >= 11 is 0. The molecule has 0 aliphatic rings. The molecule has 2 nitrogen and oxygen atoms in total. The van der Waals surface area contributed by atoms with Crippen LogP contribution in [0.25, 0.3) is 0 Å². The molecular formula is C12H20O2Pb. The molecule has 0 aliphatic heterocycles. The Morgan fingerprint density at radius 3 is 1.40 bits per heavy atom. The van der Waals surface area contributed by atoms with Gasteiger partial charge in [0.2, 0.25) is 0 Å². The zero-order valence-electron chi connectivity index (χ0n) is 9.53. The predicted octanol–water partition coefficient (Wildman–Crippen LogP) is 1.67. The number of aliphatic hydroxyl groups is 2. The predicted molar refractivity (Wildman–Crippen MR) is 65.1 cm³/mol. The molecule has 0 amide bonds. The van der Waals surface area contributed by atoms with E-state index in [9.17, 15) is 0 Å². The van der Waals surface area contributed by atoms with Crippen molar-refractivity contribution in [1.82, 2.24) is 0 Å². The Kier molecular flexibility index (Phi) is 14.1. The van der Waals surface area contributed by atoms with Crippen molar-refractivity contribution in [2.75, 3.05) is 13.2 Å². The van der Waals surface area contributed by atoms with Gasteiger partial charge in [-0.25, -0.2) is 0 Å². The van der Waals surface area contributed by atoms with Crippen molar-refractivity contribution in [3.63, 3.8) is 0 Å². The smallest absolute Gasteiger partial charge is 0.0431 e. The van der Waals surface area contributed by atoms with Gasteiger partial charge in [0.15, 0.2) is 0 Å². The van der Waals surface area contributed by atoms with E-state index in [0.29, 0.717) is 0 Å². The Morgan fingerprint density at radius 1 is 0.867 bits per heavy atom. The molecule has 0 aliphatic carbocycles. The molecule has 2 N–H and O–H groups in total. The molecule has 0 atom stereocenters. The van der Waals surface area contributed by atoms with E-state index in [4.69, 9.17) is 10.2 Å². The van der Waals surface area contributed by atoms with Gasteiger partial charge < -0.3 is 10.2 Å². The summed E-state index contributed by atoms with van der Waals surface area (Å²) in [7, 11) is 0. The van der Waals surface area contributed by atoms with E-state index in [1.54, 1.807) is 0 Å². The van der Waals surface area contributed by atoms with Gasteiger partial charge in [-0.1, -0.05) is 24.3 Å². The molecule has 1 aromatic rings. The first kappa shape index (κ1) is 17.5. The Morgan fingerprint density at radius 2 is 1.20 bits per heavy atom. The molecule has 0 fully saturated rings. The molecule has 0 unspecified atom stereocenters. The molecule has 0 saturated carbocycles. The Hall–Kier alpha value is 0.0621. The van der Waals surface area contributed by atoms with Crippen LogP contribution in [0.5, 0.6) is 0 Å². The summed E-state index contributed by atoms with van der Waals surface area (Å²) in [5, 5.41) is 16.2. The van der Waals surface area contributed by atoms with Gasteiger partial charge in [-0.3, -0.25) is 0 Å². The first-order valence-corrected chi connectivity index (χ1v) is 4.96. The van der Waals surface area contributed by atoms with Crippen molar-refractivity contribution in [2.24, 2.45) is 0 Å². The van der Waals surface area contributed by atoms with Gasteiger partial charge in [-0.15, -0.1) is 0 Å². The Labute approximate surface area is 112 Å². The average molecular weight is 403 g/mol. The Balaban J connectivity index is 0. The van der Waals surface area contributed by atoms with E-state index >= 15 is 0 Å². The Bertz CT molecular complexity index is 214. The number of benzene rings is 1. The van der Waals surface area contributed by atoms with E-state index in [1.165, 1.54) is 11.1 Å². The van der Waals surface area contributed by atoms with Crippen LogP contribution in [0.3, 0.4) is 0 Å². The molecule has 3 heteroatoms. The first-order valence-electron chi connectivity index (χ1n) is 4.96. The number of aliphatic hydroxyl groups excluding tert-OH is 2. The van der Waals surface area contributed by atoms with Gasteiger partial charge in [0.25, 0.3) is 0 Å². The number of hydrogen-bond donors (Lipinski definition) is 2. The third-order valence-corrected chi connectivity index (χ3v) is 1.99. The second kappa shape index (κ2) is 12.1. The number of aryl methyl sites for hydroxylation is 2. The van der Waals surface area contributed by atoms with Crippen molar-refractivity contribution in [3.8, 4) is 0 Å². The summed E-state index contributed by atoms with van der Waals surface area (Å²) in [5.74, 6) is 0.